The van der Waals surface area contributed by atoms with Crippen LogP contribution in [0.15, 0.2) is 23.1 Å². The van der Waals surface area contributed by atoms with Crippen molar-refractivity contribution in [3.8, 4) is 11.5 Å². The van der Waals surface area contributed by atoms with Gasteiger partial charge in [0.25, 0.3) is 0 Å². The molecule has 1 N–H and O–H groups in total. The van der Waals surface area contributed by atoms with Crippen LogP contribution in [0.3, 0.4) is 0 Å². The molecule has 0 aromatic heterocycles. The molecule has 2 fully saturated rings. The molecule has 1 saturated heterocycles. The first-order chi connectivity index (χ1) is 13.4. The molecule has 1 aliphatic carbocycles. The summed E-state index contributed by atoms with van der Waals surface area (Å²) in [7, 11) is -3.62. The van der Waals surface area contributed by atoms with Crippen LogP contribution >= 0.6 is 0 Å². The van der Waals surface area contributed by atoms with E-state index in [-0.39, 0.29) is 16.8 Å². The van der Waals surface area contributed by atoms with Crippen LogP contribution in [0.25, 0.3) is 0 Å². The molecular weight excluding hydrogens is 382 g/mol. The van der Waals surface area contributed by atoms with Gasteiger partial charge in [-0.2, -0.15) is 4.31 Å². The minimum atomic E-state index is -3.62. The molecule has 1 saturated carbocycles. The Balaban J connectivity index is 1.40. The van der Waals surface area contributed by atoms with E-state index in [4.69, 9.17) is 9.47 Å². The highest BCUT2D eigenvalue weighted by atomic mass is 32.2. The fraction of sp³-hybridized carbons (Fsp3) is 0.632. The number of carbonyl (C=O) groups is 1. The van der Waals surface area contributed by atoms with Crippen LogP contribution in [0.2, 0.25) is 0 Å². The van der Waals surface area contributed by atoms with E-state index in [9.17, 15) is 13.2 Å². The summed E-state index contributed by atoms with van der Waals surface area (Å²) in [5, 5.41) is 3.01. The Labute approximate surface area is 165 Å². The van der Waals surface area contributed by atoms with Gasteiger partial charge in [-0.15, -0.1) is 0 Å². The number of benzene rings is 1. The molecule has 4 rings (SSSR count). The van der Waals surface area contributed by atoms with Gasteiger partial charge in [0.15, 0.2) is 11.5 Å². The minimum absolute atomic E-state index is 0.0294. The fourth-order valence-corrected chi connectivity index (χ4v) is 4.94. The van der Waals surface area contributed by atoms with Crippen LogP contribution in [-0.4, -0.2) is 75.0 Å². The van der Waals surface area contributed by atoms with Gasteiger partial charge in [0.05, 0.1) is 24.2 Å². The van der Waals surface area contributed by atoms with Crippen LogP contribution in [0.1, 0.15) is 26.2 Å². The van der Waals surface area contributed by atoms with E-state index in [1.165, 1.54) is 4.31 Å². The number of carbonyl (C=O) groups excluding carboxylic acids is 1. The van der Waals surface area contributed by atoms with E-state index in [0.717, 1.165) is 19.3 Å². The van der Waals surface area contributed by atoms with Crippen LogP contribution in [-0.2, 0) is 14.8 Å². The van der Waals surface area contributed by atoms with Crippen LogP contribution in [0, 0.1) is 0 Å². The first-order valence-corrected chi connectivity index (χ1v) is 11.3. The highest BCUT2D eigenvalue weighted by molar-refractivity contribution is 7.89. The van der Waals surface area contributed by atoms with Gasteiger partial charge in [-0.05, 0) is 31.9 Å². The maximum absolute atomic E-state index is 13.1. The van der Waals surface area contributed by atoms with Gasteiger partial charge >= 0.3 is 0 Å². The molecule has 8 nitrogen and oxygen atoms in total. The molecule has 1 amide bonds. The Morgan fingerprint density at radius 3 is 2.46 bits per heavy atom. The second-order valence-corrected chi connectivity index (χ2v) is 9.50. The molecule has 1 atom stereocenters. The first-order valence-electron chi connectivity index (χ1n) is 9.89. The van der Waals surface area contributed by atoms with Crippen LogP contribution in [0.5, 0.6) is 11.5 Å². The van der Waals surface area contributed by atoms with Crippen LogP contribution < -0.4 is 14.8 Å². The van der Waals surface area contributed by atoms with E-state index in [1.54, 1.807) is 18.2 Å². The van der Waals surface area contributed by atoms with Crippen molar-refractivity contribution >= 4 is 15.9 Å². The molecule has 154 valence electrons. The van der Waals surface area contributed by atoms with Gasteiger partial charge in [-0.25, -0.2) is 8.42 Å². The smallest absolute Gasteiger partial charge is 0.243 e. The van der Waals surface area contributed by atoms with Crippen molar-refractivity contribution in [3.05, 3.63) is 18.2 Å². The minimum Gasteiger partial charge on any atom is -0.490 e. The zero-order valence-electron chi connectivity index (χ0n) is 16.1. The van der Waals surface area contributed by atoms with Crippen molar-refractivity contribution in [1.82, 2.24) is 14.5 Å². The van der Waals surface area contributed by atoms with E-state index >= 15 is 0 Å². The Morgan fingerprint density at radius 2 is 1.79 bits per heavy atom. The molecule has 2 aliphatic heterocycles. The lowest BCUT2D eigenvalue weighted by atomic mass is 10.2. The van der Waals surface area contributed by atoms with Crippen molar-refractivity contribution in [1.29, 1.82) is 0 Å². The molecule has 0 bridgehead atoms. The number of hydrogen-bond donors (Lipinski definition) is 1. The summed E-state index contributed by atoms with van der Waals surface area (Å²) < 4.78 is 38.8. The molecule has 9 heteroatoms. The summed E-state index contributed by atoms with van der Waals surface area (Å²) >= 11 is 0. The summed E-state index contributed by atoms with van der Waals surface area (Å²) in [6.07, 6.45) is 2.88. The molecule has 1 aromatic carbocycles. The third kappa shape index (κ3) is 4.11. The number of rotatable bonds is 5. The van der Waals surface area contributed by atoms with Gasteiger partial charge in [0.2, 0.25) is 15.9 Å². The zero-order chi connectivity index (χ0) is 19.7. The SMILES string of the molecule is C[C@@H](C(=O)NC1CC1)N1CCN(S(=O)(=O)c2ccc3c(c2)OCCCO3)CC1. The molecule has 1 aromatic rings. The maximum Gasteiger partial charge on any atom is 0.243 e. The molecule has 0 unspecified atom stereocenters. The lowest BCUT2D eigenvalue weighted by Crippen LogP contribution is -2.55. The number of sulfonamides is 1. The fourth-order valence-electron chi connectivity index (χ4n) is 3.50. The Kier molecular flexibility index (Phi) is 5.48. The van der Waals surface area contributed by atoms with E-state index in [2.05, 4.69) is 5.32 Å². The molecular formula is C19H27N3O5S. The van der Waals surface area contributed by atoms with Gasteiger partial charge < -0.3 is 14.8 Å². The highest BCUT2D eigenvalue weighted by Gasteiger charge is 2.34. The predicted molar refractivity (Wildman–Crippen MR) is 103 cm³/mol. The average Bonchev–Trinajstić information content (AvgIpc) is 3.53. The number of ether oxygens (including phenoxy) is 2. The summed E-state index contributed by atoms with van der Waals surface area (Å²) in [5.41, 5.74) is 0. The van der Waals surface area contributed by atoms with Crippen molar-refractivity contribution in [2.24, 2.45) is 0 Å². The molecule has 2 heterocycles. The van der Waals surface area contributed by atoms with Crippen molar-refractivity contribution in [2.45, 2.75) is 43.2 Å². The first kappa shape index (κ1) is 19.5. The normalized spacial score (nSPS) is 22.3. The lowest BCUT2D eigenvalue weighted by molar-refractivity contribution is -0.126. The topological polar surface area (TPSA) is 88.2 Å². The van der Waals surface area contributed by atoms with E-state index < -0.39 is 10.0 Å². The number of nitrogens with one attached hydrogen (secondary N) is 1. The Bertz CT molecular complexity index is 832. The third-order valence-corrected chi connectivity index (χ3v) is 7.38. The van der Waals surface area contributed by atoms with Crippen molar-refractivity contribution in [3.63, 3.8) is 0 Å². The Hall–Kier alpha value is -1.84. The summed E-state index contributed by atoms with van der Waals surface area (Å²) in [6.45, 7) is 4.73. The van der Waals surface area contributed by atoms with Crippen LogP contribution in [0.4, 0.5) is 0 Å². The Morgan fingerprint density at radius 1 is 1.11 bits per heavy atom. The summed E-state index contributed by atoms with van der Waals surface area (Å²) in [4.78, 5) is 14.5. The third-order valence-electron chi connectivity index (χ3n) is 5.48. The second-order valence-electron chi connectivity index (χ2n) is 7.56. The number of nitrogens with zero attached hydrogens (tertiary/aromatic N) is 2. The molecule has 28 heavy (non-hydrogen) atoms. The largest absolute Gasteiger partial charge is 0.490 e. The van der Waals surface area contributed by atoms with Gasteiger partial charge in [-0.1, -0.05) is 0 Å². The van der Waals surface area contributed by atoms with Gasteiger partial charge in [0.1, 0.15) is 0 Å². The lowest BCUT2D eigenvalue weighted by Gasteiger charge is -2.36. The number of fused-ring (bicyclic) bond motifs is 1. The second kappa shape index (κ2) is 7.88. The maximum atomic E-state index is 13.1. The number of piperazine rings is 1. The molecule has 0 radical (unpaired) electrons. The monoisotopic (exact) mass is 409 g/mol. The zero-order valence-corrected chi connectivity index (χ0v) is 16.9. The average molecular weight is 410 g/mol. The number of amides is 1. The van der Waals surface area contributed by atoms with E-state index in [0.29, 0.717) is 56.9 Å². The van der Waals surface area contributed by atoms with Gasteiger partial charge in [-0.3, -0.25) is 9.69 Å². The number of hydrogen-bond acceptors (Lipinski definition) is 6. The summed E-state index contributed by atoms with van der Waals surface area (Å²) in [5.74, 6) is 1.08. The quantitative estimate of drug-likeness (QED) is 0.775. The highest BCUT2D eigenvalue weighted by Crippen LogP contribution is 2.33. The van der Waals surface area contributed by atoms with Crippen molar-refractivity contribution < 1.29 is 22.7 Å². The predicted octanol–water partition coefficient (Wildman–Crippen LogP) is 0.821. The molecule has 3 aliphatic rings. The van der Waals surface area contributed by atoms with Crippen molar-refractivity contribution in [2.75, 3.05) is 39.4 Å². The molecule has 0 spiro atoms. The van der Waals surface area contributed by atoms with E-state index in [1.807, 2.05) is 11.8 Å². The summed E-state index contributed by atoms with van der Waals surface area (Å²) in [6, 6.07) is 4.86. The standard InChI is InChI=1S/C19H27N3O5S/c1-14(19(23)20-15-3-4-15)21-7-9-22(10-8-21)28(24,25)16-5-6-17-18(13-16)27-12-2-11-26-17/h5-6,13-15H,2-4,7-12H2,1H3,(H,20,23)/t14-/m0/s1. The van der Waals surface area contributed by atoms with Gasteiger partial charge in [0, 0.05) is 44.7 Å².